The smallest absolute Gasteiger partial charge is 0.125 e. The number of nitrogens with zero attached hydrogens (tertiary/aromatic N) is 4. The van der Waals surface area contributed by atoms with E-state index in [2.05, 4.69) is 15.0 Å². The first-order chi connectivity index (χ1) is 12.3. The van der Waals surface area contributed by atoms with Crippen molar-refractivity contribution in [2.24, 2.45) is 0 Å². The minimum atomic E-state index is -0.262. The normalized spacial score (nSPS) is 18.4. The molecule has 1 unspecified atom stereocenters. The second-order valence-corrected chi connectivity index (χ2v) is 6.15. The van der Waals surface area contributed by atoms with Gasteiger partial charge in [0.15, 0.2) is 0 Å². The molecule has 0 saturated carbocycles. The molecule has 4 rings (SSSR count). The van der Waals surface area contributed by atoms with E-state index in [-0.39, 0.29) is 11.9 Å². The van der Waals surface area contributed by atoms with Crippen LogP contribution in [0, 0.1) is 5.82 Å². The van der Waals surface area contributed by atoms with Crippen LogP contribution in [-0.4, -0.2) is 39.4 Å². The van der Waals surface area contributed by atoms with Crippen LogP contribution < -0.4 is 0 Å². The van der Waals surface area contributed by atoms with Gasteiger partial charge in [-0.1, -0.05) is 12.1 Å². The van der Waals surface area contributed by atoms with Crippen molar-refractivity contribution in [1.29, 1.82) is 0 Å². The standard InChI is InChI=1S/C19H19FN4O/c20-17-4-1-5-18(9-17)24-13-15(10-22-24)12-23-7-8-25-19(14-23)16-3-2-6-21-11-16/h1-6,9-11,13,19H,7-8,12,14H2. The molecule has 6 heteroatoms. The monoisotopic (exact) mass is 338 g/mol. The van der Waals surface area contributed by atoms with Gasteiger partial charge in [0.05, 0.1) is 24.6 Å². The number of pyridine rings is 1. The number of hydrogen-bond donors (Lipinski definition) is 0. The van der Waals surface area contributed by atoms with Gasteiger partial charge in [-0.05, 0) is 24.3 Å². The fourth-order valence-electron chi connectivity index (χ4n) is 3.07. The number of ether oxygens (including phenoxy) is 1. The van der Waals surface area contributed by atoms with Crippen molar-refractivity contribution in [2.45, 2.75) is 12.6 Å². The van der Waals surface area contributed by atoms with E-state index in [0.717, 1.165) is 36.4 Å². The molecule has 25 heavy (non-hydrogen) atoms. The van der Waals surface area contributed by atoms with Gasteiger partial charge in [-0.3, -0.25) is 9.88 Å². The Kier molecular flexibility index (Phi) is 4.54. The molecule has 0 aliphatic carbocycles. The van der Waals surface area contributed by atoms with Crippen LogP contribution in [-0.2, 0) is 11.3 Å². The van der Waals surface area contributed by atoms with E-state index in [1.807, 2.05) is 36.8 Å². The zero-order valence-corrected chi connectivity index (χ0v) is 13.8. The molecule has 1 aliphatic rings. The largest absolute Gasteiger partial charge is 0.371 e. The Hall–Kier alpha value is -2.57. The van der Waals surface area contributed by atoms with Gasteiger partial charge >= 0.3 is 0 Å². The van der Waals surface area contributed by atoms with Crippen LogP contribution in [0.4, 0.5) is 4.39 Å². The predicted octanol–water partition coefficient (Wildman–Crippen LogP) is 2.98. The first-order valence-corrected chi connectivity index (χ1v) is 8.31. The topological polar surface area (TPSA) is 43.2 Å². The van der Waals surface area contributed by atoms with Crippen LogP contribution in [0.3, 0.4) is 0 Å². The van der Waals surface area contributed by atoms with E-state index in [1.54, 1.807) is 16.9 Å². The summed E-state index contributed by atoms with van der Waals surface area (Å²) >= 11 is 0. The third kappa shape index (κ3) is 3.75. The molecule has 1 aromatic carbocycles. The van der Waals surface area contributed by atoms with Gasteiger partial charge in [-0.15, -0.1) is 0 Å². The molecule has 2 aromatic heterocycles. The molecule has 0 spiro atoms. The average molecular weight is 338 g/mol. The van der Waals surface area contributed by atoms with Crippen molar-refractivity contribution in [3.8, 4) is 5.69 Å². The molecule has 3 aromatic rings. The SMILES string of the molecule is Fc1cccc(-n2cc(CN3CCOC(c4cccnc4)C3)cn2)c1. The quantitative estimate of drug-likeness (QED) is 0.733. The fraction of sp³-hybridized carbons (Fsp3) is 0.263. The summed E-state index contributed by atoms with van der Waals surface area (Å²) in [7, 11) is 0. The Labute approximate surface area is 145 Å². The number of hydrogen-bond acceptors (Lipinski definition) is 4. The molecule has 0 N–H and O–H groups in total. The highest BCUT2D eigenvalue weighted by Crippen LogP contribution is 2.22. The summed E-state index contributed by atoms with van der Waals surface area (Å²) in [5, 5.41) is 4.35. The van der Waals surface area contributed by atoms with Gasteiger partial charge < -0.3 is 4.74 Å². The number of rotatable bonds is 4. The summed E-state index contributed by atoms with van der Waals surface area (Å²) in [6.07, 6.45) is 7.45. The van der Waals surface area contributed by atoms with Gasteiger partial charge in [0.1, 0.15) is 5.82 Å². The minimum absolute atomic E-state index is 0.0423. The number of halogens is 1. The van der Waals surface area contributed by atoms with E-state index in [0.29, 0.717) is 6.61 Å². The van der Waals surface area contributed by atoms with Crippen LogP contribution in [0.25, 0.3) is 5.69 Å². The van der Waals surface area contributed by atoms with Crippen LogP contribution in [0.15, 0.2) is 61.2 Å². The van der Waals surface area contributed by atoms with Crippen molar-refractivity contribution >= 4 is 0 Å². The molecule has 1 saturated heterocycles. The molecule has 1 atom stereocenters. The lowest BCUT2D eigenvalue weighted by molar-refractivity contribution is -0.0330. The van der Waals surface area contributed by atoms with Crippen molar-refractivity contribution in [1.82, 2.24) is 19.7 Å². The van der Waals surface area contributed by atoms with Crippen molar-refractivity contribution in [2.75, 3.05) is 19.7 Å². The highest BCUT2D eigenvalue weighted by atomic mass is 19.1. The second-order valence-electron chi connectivity index (χ2n) is 6.15. The first-order valence-electron chi connectivity index (χ1n) is 8.31. The average Bonchev–Trinajstić information content (AvgIpc) is 3.11. The summed E-state index contributed by atoms with van der Waals surface area (Å²) in [4.78, 5) is 6.51. The van der Waals surface area contributed by atoms with E-state index in [4.69, 9.17) is 4.74 Å². The molecule has 5 nitrogen and oxygen atoms in total. The second kappa shape index (κ2) is 7.13. The highest BCUT2D eigenvalue weighted by Gasteiger charge is 2.22. The van der Waals surface area contributed by atoms with Crippen LogP contribution >= 0.6 is 0 Å². The molecular formula is C19H19FN4O. The van der Waals surface area contributed by atoms with Gasteiger partial charge in [0.2, 0.25) is 0 Å². The first kappa shape index (κ1) is 15.9. The Balaban J connectivity index is 1.44. The van der Waals surface area contributed by atoms with Gasteiger partial charge in [-0.25, -0.2) is 9.07 Å². The lowest BCUT2D eigenvalue weighted by atomic mass is 10.1. The molecule has 1 fully saturated rings. The third-order valence-corrected chi connectivity index (χ3v) is 4.32. The minimum Gasteiger partial charge on any atom is -0.371 e. The molecule has 0 amide bonds. The molecule has 0 radical (unpaired) electrons. The van der Waals surface area contributed by atoms with E-state index < -0.39 is 0 Å². The summed E-state index contributed by atoms with van der Waals surface area (Å²) in [5.41, 5.74) is 2.92. The van der Waals surface area contributed by atoms with Crippen LogP contribution in [0.5, 0.6) is 0 Å². The predicted molar refractivity (Wildman–Crippen MR) is 91.7 cm³/mol. The Morgan fingerprint density at radius 2 is 2.16 bits per heavy atom. The maximum absolute atomic E-state index is 13.4. The van der Waals surface area contributed by atoms with Gasteiger partial charge in [-0.2, -0.15) is 5.10 Å². The number of benzene rings is 1. The lowest BCUT2D eigenvalue weighted by Gasteiger charge is -2.32. The maximum Gasteiger partial charge on any atom is 0.125 e. The highest BCUT2D eigenvalue weighted by molar-refractivity contribution is 5.31. The summed E-state index contributed by atoms with van der Waals surface area (Å²) < 4.78 is 20.9. The molecule has 128 valence electrons. The molecular weight excluding hydrogens is 319 g/mol. The zero-order chi connectivity index (χ0) is 17.1. The summed E-state index contributed by atoms with van der Waals surface area (Å²) in [6.45, 7) is 3.17. The van der Waals surface area contributed by atoms with Crippen LogP contribution in [0.1, 0.15) is 17.2 Å². The van der Waals surface area contributed by atoms with Gasteiger partial charge in [0, 0.05) is 49.4 Å². The molecule has 0 bridgehead atoms. The fourth-order valence-corrected chi connectivity index (χ4v) is 3.07. The Morgan fingerprint density at radius 3 is 3.00 bits per heavy atom. The zero-order valence-electron chi connectivity index (χ0n) is 13.8. The summed E-state index contributed by atoms with van der Waals surface area (Å²) in [6, 6.07) is 10.4. The van der Waals surface area contributed by atoms with E-state index in [9.17, 15) is 4.39 Å². The number of aromatic nitrogens is 3. The van der Waals surface area contributed by atoms with Crippen molar-refractivity contribution < 1.29 is 9.13 Å². The lowest BCUT2D eigenvalue weighted by Crippen LogP contribution is -2.37. The maximum atomic E-state index is 13.4. The van der Waals surface area contributed by atoms with E-state index in [1.165, 1.54) is 12.1 Å². The molecule has 3 heterocycles. The van der Waals surface area contributed by atoms with Gasteiger partial charge in [0.25, 0.3) is 0 Å². The van der Waals surface area contributed by atoms with Crippen molar-refractivity contribution in [3.63, 3.8) is 0 Å². The Morgan fingerprint density at radius 1 is 1.20 bits per heavy atom. The van der Waals surface area contributed by atoms with E-state index >= 15 is 0 Å². The third-order valence-electron chi connectivity index (χ3n) is 4.32. The summed E-state index contributed by atoms with van der Waals surface area (Å²) in [5.74, 6) is -0.262. The molecule has 1 aliphatic heterocycles. The number of morpholine rings is 1. The van der Waals surface area contributed by atoms with Crippen LogP contribution in [0.2, 0.25) is 0 Å². The van der Waals surface area contributed by atoms with Crippen molar-refractivity contribution in [3.05, 3.63) is 78.1 Å². The Bertz CT molecular complexity index is 836.